The molecule has 0 aliphatic carbocycles. The predicted molar refractivity (Wildman–Crippen MR) is 80.6 cm³/mol. The van der Waals surface area contributed by atoms with Gasteiger partial charge in [0.25, 0.3) is 5.91 Å². The van der Waals surface area contributed by atoms with E-state index in [0.29, 0.717) is 22.7 Å². The highest BCUT2D eigenvalue weighted by Crippen LogP contribution is 2.28. The van der Waals surface area contributed by atoms with Gasteiger partial charge in [0.05, 0.1) is 24.8 Å². The molecule has 2 rings (SSSR count). The maximum Gasteiger partial charge on any atom is 0.259 e. The third-order valence-corrected chi connectivity index (χ3v) is 3.18. The number of anilines is 1. The maximum atomic E-state index is 12.2. The number of nitrogens with one attached hydrogen (secondary N) is 1. The smallest absolute Gasteiger partial charge is 0.259 e. The molecule has 0 aromatic heterocycles. The van der Waals surface area contributed by atoms with Crippen LogP contribution in [-0.2, 0) is 0 Å². The lowest BCUT2D eigenvalue weighted by molar-refractivity contribution is 0.102. The van der Waals surface area contributed by atoms with E-state index in [1.54, 1.807) is 24.3 Å². The van der Waals surface area contributed by atoms with Crippen LogP contribution in [-0.4, -0.2) is 25.2 Å². The first-order valence-electron chi connectivity index (χ1n) is 6.07. The van der Waals surface area contributed by atoms with Crippen LogP contribution in [0.4, 0.5) is 5.69 Å². The van der Waals surface area contributed by atoms with Gasteiger partial charge in [-0.15, -0.1) is 0 Å². The SMILES string of the molecule is COc1ccc(C(=O)Nc2ccc(Cl)c(O)c2)c(OC)c1. The van der Waals surface area contributed by atoms with Crippen molar-refractivity contribution in [1.82, 2.24) is 0 Å². The van der Waals surface area contributed by atoms with Crippen molar-refractivity contribution in [2.24, 2.45) is 0 Å². The molecule has 2 aromatic carbocycles. The number of aromatic hydroxyl groups is 1. The number of halogens is 1. The van der Waals surface area contributed by atoms with Crippen LogP contribution in [0.2, 0.25) is 5.02 Å². The van der Waals surface area contributed by atoms with Crippen LogP contribution < -0.4 is 14.8 Å². The molecule has 5 nitrogen and oxygen atoms in total. The standard InChI is InChI=1S/C15H14ClNO4/c1-20-10-4-5-11(14(8-10)21-2)15(19)17-9-3-6-12(16)13(18)7-9/h3-8,18H,1-2H3,(H,17,19). The lowest BCUT2D eigenvalue weighted by Crippen LogP contribution is -2.13. The number of hydrogen-bond donors (Lipinski definition) is 2. The normalized spacial score (nSPS) is 10.0. The summed E-state index contributed by atoms with van der Waals surface area (Å²) in [6.07, 6.45) is 0. The first-order chi connectivity index (χ1) is 10.0. The number of phenols is 1. The maximum absolute atomic E-state index is 12.2. The Morgan fingerprint density at radius 3 is 2.52 bits per heavy atom. The molecule has 0 bridgehead atoms. The molecule has 1 amide bonds. The van der Waals surface area contributed by atoms with Crippen molar-refractivity contribution in [3.05, 3.63) is 47.0 Å². The van der Waals surface area contributed by atoms with Crippen molar-refractivity contribution in [2.45, 2.75) is 0 Å². The van der Waals surface area contributed by atoms with Gasteiger partial charge < -0.3 is 19.9 Å². The third kappa shape index (κ3) is 3.38. The Balaban J connectivity index is 2.25. The second-order valence-corrected chi connectivity index (χ2v) is 4.59. The molecule has 0 heterocycles. The van der Waals surface area contributed by atoms with Crippen molar-refractivity contribution in [2.75, 3.05) is 19.5 Å². The predicted octanol–water partition coefficient (Wildman–Crippen LogP) is 3.32. The molecule has 0 saturated heterocycles. The highest BCUT2D eigenvalue weighted by Gasteiger charge is 2.14. The van der Waals surface area contributed by atoms with Crippen LogP contribution in [0.3, 0.4) is 0 Å². The molecule has 110 valence electrons. The Labute approximate surface area is 127 Å². The van der Waals surface area contributed by atoms with Gasteiger partial charge in [0, 0.05) is 17.8 Å². The summed E-state index contributed by atoms with van der Waals surface area (Å²) >= 11 is 5.72. The van der Waals surface area contributed by atoms with Crippen molar-refractivity contribution in [3.63, 3.8) is 0 Å². The number of methoxy groups -OCH3 is 2. The summed E-state index contributed by atoms with van der Waals surface area (Å²) in [5, 5.41) is 12.4. The van der Waals surface area contributed by atoms with Crippen molar-refractivity contribution in [1.29, 1.82) is 0 Å². The molecule has 0 fully saturated rings. The Hall–Kier alpha value is -2.40. The molecule has 21 heavy (non-hydrogen) atoms. The highest BCUT2D eigenvalue weighted by molar-refractivity contribution is 6.32. The zero-order chi connectivity index (χ0) is 15.4. The minimum atomic E-state index is -0.365. The van der Waals surface area contributed by atoms with E-state index < -0.39 is 0 Å². The summed E-state index contributed by atoms with van der Waals surface area (Å²) < 4.78 is 10.3. The van der Waals surface area contributed by atoms with Crippen molar-refractivity contribution in [3.8, 4) is 17.2 Å². The Bertz CT molecular complexity index is 673. The molecule has 6 heteroatoms. The van der Waals surface area contributed by atoms with Crippen LogP contribution in [0.15, 0.2) is 36.4 Å². The van der Waals surface area contributed by atoms with Gasteiger partial charge in [-0.3, -0.25) is 4.79 Å². The van der Waals surface area contributed by atoms with Gasteiger partial charge in [-0.1, -0.05) is 11.6 Å². The van der Waals surface area contributed by atoms with E-state index in [9.17, 15) is 9.90 Å². The number of phenolic OH excluding ortho intramolecular Hbond substituents is 1. The molecule has 2 N–H and O–H groups in total. The van der Waals surface area contributed by atoms with E-state index in [1.807, 2.05) is 0 Å². The first-order valence-corrected chi connectivity index (χ1v) is 6.45. The quantitative estimate of drug-likeness (QED) is 0.909. The van der Waals surface area contributed by atoms with E-state index in [2.05, 4.69) is 5.32 Å². The Kier molecular flexibility index (Phi) is 4.55. The second kappa shape index (κ2) is 6.37. The van der Waals surface area contributed by atoms with Crippen LogP contribution in [0.5, 0.6) is 17.2 Å². The fraction of sp³-hybridized carbons (Fsp3) is 0.133. The average molecular weight is 308 g/mol. The topological polar surface area (TPSA) is 67.8 Å². The molecule has 0 aliphatic heterocycles. The van der Waals surface area contributed by atoms with E-state index >= 15 is 0 Å². The minimum Gasteiger partial charge on any atom is -0.506 e. The lowest BCUT2D eigenvalue weighted by Gasteiger charge is -2.11. The fourth-order valence-electron chi connectivity index (χ4n) is 1.77. The number of ether oxygens (including phenoxy) is 2. The van der Waals surface area contributed by atoms with Crippen LogP contribution in [0, 0.1) is 0 Å². The Morgan fingerprint density at radius 2 is 1.90 bits per heavy atom. The second-order valence-electron chi connectivity index (χ2n) is 4.19. The number of rotatable bonds is 4. The fourth-order valence-corrected chi connectivity index (χ4v) is 1.89. The van der Waals surface area contributed by atoms with Crippen LogP contribution >= 0.6 is 11.6 Å². The van der Waals surface area contributed by atoms with Gasteiger partial charge in [0.15, 0.2) is 0 Å². The molecule has 0 unspecified atom stereocenters. The van der Waals surface area contributed by atoms with Crippen LogP contribution in [0.1, 0.15) is 10.4 Å². The number of carbonyl (C=O) groups is 1. The summed E-state index contributed by atoms with van der Waals surface area (Å²) in [6, 6.07) is 9.34. The van der Waals surface area contributed by atoms with Gasteiger partial charge in [-0.25, -0.2) is 0 Å². The monoisotopic (exact) mass is 307 g/mol. The lowest BCUT2D eigenvalue weighted by atomic mass is 10.1. The summed E-state index contributed by atoms with van der Waals surface area (Å²) in [4.78, 5) is 12.2. The van der Waals surface area contributed by atoms with Crippen LogP contribution in [0.25, 0.3) is 0 Å². The molecule has 0 atom stereocenters. The molecule has 2 aromatic rings. The van der Waals surface area contributed by atoms with E-state index in [0.717, 1.165) is 0 Å². The van der Waals surface area contributed by atoms with Gasteiger partial charge in [-0.2, -0.15) is 0 Å². The number of amides is 1. The summed E-state index contributed by atoms with van der Waals surface area (Å²) in [5.41, 5.74) is 0.785. The molecule has 0 radical (unpaired) electrons. The summed E-state index contributed by atoms with van der Waals surface area (Å²) in [5.74, 6) is 0.518. The number of benzene rings is 2. The molecular weight excluding hydrogens is 294 g/mol. The molecular formula is C15H14ClNO4. The molecule has 0 spiro atoms. The van der Waals surface area contributed by atoms with E-state index in [1.165, 1.54) is 26.4 Å². The molecule has 0 aliphatic rings. The molecule has 0 saturated carbocycles. The summed E-state index contributed by atoms with van der Waals surface area (Å²) in [7, 11) is 3.00. The third-order valence-electron chi connectivity index (χ3n) is 2.86. The van der Waals surface area contributed by atoms with Gasteiger partial charge in [0.2, 0.25) is 0 Å². The first kappa shape index (κ1) is 15.0. The van der Waals surface area contributed by atoms with E-state index in [4.69, 9.17) is 21.1 Å². The summed E-state index contributed by atoms with van der Waals surface area (Å²) in [6.45, 7) is 0. The van der Waals surface area contributed by atoms with E-state index in [-0.39, 0.29) is 16.7 Å². The van der Waals surface area contributed by atoms with Gasteiger partial charge in [0.1, 0.15) is 17.2 Å². The zero-order valence-corrected chi connectivity index (χ0v) is 12.3. The average Bonchev–Trinajstić information content (AvgIpc) is 2.50. The minimum absolute atomic E-state index is 0.101. The van der Waals surface area contributed by atoms with Crippen molar-refractivity contribution >= 4 is 23.2 Å². The zero-order valence-electron chi connectivity index (χ0n) is 11.5. The van der Waals surface area contributed by atoms with Crippen molar-refractivity contribution < 1.29 is 19.4 Å². The number of carbonyl (C=O) groups excluding carboxylic acids is 1. The number of hydrogen-bond acceptors (Lipinski definition) is 4. The van der Waals surface area contributed by atoms with Gasteiger partial charge >= 0.3 is 0 Å². The Morgan fingerprint density at radius 1 is 1.14 bits per heavy atom. The largest absolute Gasteiger partial charge is 0.506 e. The highest BCUT2D eigenvalue weighted by atomic mass is 35.5. The van der Waals surface area contributed by atoms with Gasteiger partial charge in [-0.05, 0) is 24.3 Å².